The van der Waals surface area contributed by atoms with Crippen LogP contribution in [0.1, 0.15) is 31.4 Å². The summed E-state index contributed by atoms with van der Waals surface area (Å²) in [6.07, 6.45) is 2.38. The van der Waals surface area contributed by atoms with Crippen LogP contribution in [-0.2, 0) is 11.4 Å². The summed E-state index contributed by atoms with van der Waals surface area (Å²) in [6.45, 7) is 3.96. The predicted molar refractivity (Wildman–Crippen MR) is 119 cm³/mol. The fourth-order valence-corrected chi connectivity index (χ4v) is 4.28. The normalized spacial score (nSPS) is 16.2. The lowest BCUT2D eigenvalue weighted by molar-refractivity contribution is -0.384. The summed E-state index contributed by atoms with van der Waals surface area (Å²) >= 11 is 4.39. The number of thioether (sulfide) groups is 1. The fraction of sp³-hybridized carbons (Fsp3) is 0.238. The summed E-state index contributed by atoms with van der Waals surface area (Å²) < 4.78 is 6.43. The molecule has 30 heavy (non-hydrogen) atoms. The van der Waals surface area contributed by atoms with Crippen molar-refractivity contribution < 1.29 is 19.2 Å². The number of halogens is 1. The highest BCUT2D eigenvalue weighted by atomic mass is 79.9. The number of hydrogen-bond donors (Lipinski definition) is 0. The van der Waals surface area contributed by atoms with Crippen LogP contribution in [0.3, 0.4) is 0 Å². The molecule has 2 amide bonds. The van der Waals surface area contributed by atoms with Crippen LogP contribution in [0.4, 0.5) is 10.5 Å². The molecule has 0 aromatic heterocycles. The number of rotatable bonds is 7. The van der Waals surface area contributed by atoms with E-state index < -0.39 is 4.92 Å². The molecule has 2 aromatic rings. The zero-order valence-electron chi connectivity index (χ0n) is 16.3. The molecule has 0 bridgehead atoms. The molecule has 0 saturated carbocycles. The number of ether oxygens (including phenoxy) is 1. The van der Waals surface area contributed by atoms with E-state index in [0.717, 1.165) is 17.3 Å². The molecule has 0 radical (unpaired) electrons. The molecule has 1 atom stereocenters. The van der Waals surface area contributed by atoms with Gasteiger partial charge in [0.05, 0.1) is 14.3 Å². The molecule has 0 spiro atoms. The van der Waals surface area contributed by atoms with Gasteiger partial charge in [0.1, 0.15) is 12.4 Å². The molecular formula is C21H19BrN2O5S. The van der Waals surface area contributed by atoms with E-state index >= 15 is 0 Å². The zero-order chi connectivity index (χ0) is 21.8. The van der Waals surface area contributed by atoms with Gasteiger partial charge in [-0.2, -0.15) is 0 Å². The number of carbonyl (C=O) groups is 2. The van der Waals surface area contributed by atoms with Gasteiger partial charge in [0.25, 0.3) is 16.8 Å². The van der Waals surface area contributed by atoms with Crippen molar-refractivity contribution in [3.63, 3.8) is 0 Å². The van der Waals surface area contributed by atoms with Crippen molar-refractivity contribution in [3.8, 4) is 5.75 Å². The Morgan fingerprint density at radius 2 is 2.03 bits per heavy atom. The second-order valence-electron chi connectivity index (χ2n) is 6.71. The minimum absolute atomic E-state index is 0.0110. The molecule has 2 aromatic carbocycles. The molecule has 1 aliphatic rings. The van der Waals surface area contributed by atoms with Gasteiger partial charge in [-0.1, -0.05) is 25.1 Å². The van der Waals surface area contributed by atoms with Crippen LogP contribution in [-0.4, -0.2) is 27.0 Å². The highest BCUT2D eigenvalue weighted by Crippen LogP contribution is 2.35. The van der Waals surface area contributed by atoms with Gasteiger partial charge in [-0.3, -0.25) is 24.6 Å². The smallest absolute Gasteiger partial charge is 0.293 e. The van der Waals surface area contributed by atoms with E-state index in [1.807, 2.05) is 13.8 Å². The number of amides is 2. The lowest BCUT2D eigenvalue weighted by Gasteiger charge is -2.19. The second kappa shape index (κ2) is 9.44. The van der Waals surface area contributed by atoms with Crippen molar-refractivity contribution >= 4 is 50.6 Å². The molecule has 0 N–H and O–H groups in total. The first kappa shape index (κ1) is 22.0. The van der Waals surface area contributed by atoms with Crippen LogP contribution in [0.2, 0.25) is 0 Å². The zero-order valence-corrected chi connectivity index (χ0v) is 18.7. The van der Waals surface area contributed by atoms with Gasteiger partial charge in [-0.15, -0.1) is 0 Å². The number of imide groups is 1. The minimum atomic E-state index is -0.447. The monoisotopic (exact) mass is 490 g/mol. The SMILES string of the molecule is CC[C@@H](C)N1C(=O)S/C(=C/c2ccc(OCc3cccc([N+](=O)[O-])c3)c(Br)c2)C1=O. The Bertz CT molecular complexity index is 1040. The Morgan fingerprint density at radius 1 is 1.27 bits per heavy atom. The third-order valence-corrected chi connectivity index (χ3v) is 6.13. The van der Waals surface area contributed by atoms with Crippen molar-refractivity contribution in [2.45, 2.75) is 32.9 Å². The fourth-order valence-electron chi connectivity index (χ4n) is 2.84. The Hall–Kier alpha value is -2.65. The van der Waals surface area contributed by atoms with E-state index in [4.69, 9.17) is 4.74 Å². The predicted octanol–water partition coefficient (Wildman–Crippen LogP) is 5.77. The summed E-state index contributed by atoms with van der Waals surface area (Å²) in [5.74, 6) is 0.285. The average molecular weight is 491 g/mol. The van der Waals surface area contributed by atoms with E-state index in [2.05, 4.69) is 15.9 Å². The van der Waals surface area contributed by atoms with Crippen molar-refractivity contribution in [1.29, 1.82) is 0 Å². The van der Waals surface area contributed by atoms with Crippen LogP contribution >= 0.6 is 27.7 Å². The van der Waals surface area contributed by atoms with Crippen LogP contribution < -0.4 is 4.74 Å². The van der Waals surface area contributed by atoms with E-state index in [0.29, 0.717) is 27.1 Å². The van der Waals surface area contributed by atoms with Crippen molar-refractivity contribution in [1.82, 2.24) is 4.90 Å². The van der Waals surface area contributed by atoms with Crippen molar-refractivity contribution in [2.24, 2.45) is 0 Å². The lowest BCUT2D eigenvalue weighted by atomic mass is 10.2. The largest absolute Gasteiger partial charge is 0.488 e. The molecule has 9 heteroatoms. The summed E-state index contributed by atoms with van der Waals surface area (Å²) in [5, 5.41) is 10.6. The Labute approximate surface area is 186 Å². The maximum atomic E-state index is 12.5. The first-order chi connectivity index (χ1) is 14.3. The Balaban J connectivity index is 1.72. The van der Waals surface area contributed by atoms with Crippen LogP contribution in [0.25, 0.3) is 6.08 Å². The minimum Gasteiger partial charge on any atom is -0.488 e. The van der Waals surface area contributed by atoms with Crippen LogP contribution in [0, 0.1) is 10.1 Å². The van der Waals surface area contributed by atoms with Gasteiger partial charge < -0.3 is 4.74 Å². The van der Waals surface area contributed by atoms with Gasteiger partial charge >= 0.3 is 0 Å². The van der Waals surface area contributed by atoms with E-state index in [1.165, 1.54) is 17.0 Å². The Morgan fingerprint density at radius 3 is 2.70 bits per heavy atom. The summed E-state index contributed by atoms with van der Waals surface area (Å²) in [5.41, 5.74) is 1.44. The molecule has 0 aliphatic carbocycles. The molecule has 156 valence electrons. The first-order valence-corrected chi connectivity index (χ1v) is 10.8. The molecule has 7 nitrogen and oxygen atoms in total. The molecule has 3 rings (SSSR count). The topological polar surface area (TPSA) is 89.8 Å². The van der Waals surface area contributed by atoms with E-state index in [-0.39, 0.29) is 29.5 Å². The van der Waals surface area contributed by atoms with Crippen LogP contribution in [0.5, 0.6) is 5.75 Å². The Kier molecular flexibility index (Phi) is 6.94. The molecular weight excluding hydrogens is 472 g/mol. The first-order valence-electron chi connectivity index (χ1n) is 9.23. The molecule has 0 unspecified atom stereocenters. The summed E-state index contributed by atoms with van der Waals surface area (Å²) in [7, 11) is 0. The van der Waals surface area contributed by atoms with Gasteiger partial charge in [0.15, 0.2) is 0 Å². The molecule has 1 saturated heterocycles. The molecule has 1 aliphatic heterocycles. The van der Waals surface area contributed by atoms with E-state index in [1.54, 1.807) is 36.4 Å². The van der Waals surface area contributed by atoms with Gasteiger partial charge in [-0.25, -0.2) is 0 Å². The van der Waals surface area contributed by atoms with Crippen LogP contribution in [0.15, 0.2) is 51.8 Å². The summed E-state index contributed by atoms with van der Waals surface area (Å²) in [4.78, 5) is 36.8. The van der Waals surface area contributed by atoms with Gasteiger partial charge in [0, 0.05) is 18.2 Å². The number of carbonyl (C=O) groups excluding carboxylic acids is 2. The third-order valence-electron chi connectivity index (χ3n) is 4.62. The lowest BCUT2D eigenvalue weighted by Crippen LogP contribution is -2.36. The number of hydrogen-bond acceptors (Lipinski definition) is 6. The van der Waals surface area contributed by atoms with Gasteiger partial charge in [-0.05, 0) is 70.4 Å². The highest BCUT2D eigenvalue weighted by molar-refractivity contribution is 9.10. The van der Waals surface area contributed by atoms with Crippen molar-refractivity contribution in [2.75, 3.05) is 0 Å². The quantitative estimate of drug-likeness (QED) is 0.278. The number of nitro groups is 1. The maximum Gasteiger partial charge on any atom is 0.293 e. The number of nitrogens with zero attached hydrogens (tertiary/aromatic N) is 2. The third kappa shape index (κ3) is 4.91. The number of nitro benzene ring substituents is 1. The average Bonchev–Trinajstić information content (AvgIpc) is 3.00. The van der Waals surface area contributed by atoms with Crippen molar-refractivity contribution in [3.05, 3.63) is 73.1 Å². The van der Waals surface area contributed by atoms with Gasteiger partial charge in [0.2, 0.25) is 0 Å². The standard InChI is InChI=1S/C21H19BrN2O5S/c1-3-13(2)23-20(25)19(30-21(23)26)11-14-7-8-18(17(22)10-14)29-12-15-5-4-6-16(9-15)24(27)28/h4-11,13H,3,12H2,1-2H3/b19-11+/t13-/m1/s1. The number of non-ortho nitro benzene ring substituents is 1. The summed E-state index contributed by atoms with van der Waals surface area (Å²) in [6, 6.07) is 11.4. The molecule has 1 fully saturated rings. The second-order valence-corrected chi connectivity index (χ2v) is 8.56. The molecule has 1 heterocycles. The maximum absolute atomic E-state index is 12.5. The number of benzene rings is 2. The highest BCUT2D eigenvalue weighted by Gasteiger charge is 2.37. The van der Waals surface area contributed by atoms with E-state index in [9.17, 15) is 19.7 Å².